The molecule has 1 fully saturated rings. The van der Waals surface area contributed by atoms with Crippen molar-refractivity contribution in [2.75, 3.05) is 44.7 Å². The number of carbonyl (C=O) groups is 1. The number of benzene rings is 2. The van der Waals surface area contributed by atoms with E-state index in [1.165, 1.54) is 4.90 Å². The summed E-state index contributed by atoms with van der Waals surface area (Å²) in [7, 11) is 0. The molecule has 11 heteroatoms. The molecule has 0 aromatic heterocycles. The highest BCUT2D eigenvalue weighted by Gasteiger charge is 2.37. The standard InChI is InChI=1S/C26H31F6N3O2/c1-24(2,3)19-6-4-18(5-7-19)17-35(9-8-34-10-12-37-13-11-34)23(36)33-22-15-20(25(27,28)29)14-21(16-22)26(30,31)32/h4-7,14-16H,8-13,17H2,1-3H3,(H,33,36). The number of urea groups is 1. The maximum atomic E-state index is 13.3. The molecule has 0 atom stereocenters. The second-order valence-corrected chi connectivity index (χ2v) is 10.0. The van der Waals surface area contributed by atoms with Crippen molar-refractivity contribution < 1.29 is 35.9 Å². The van der Waals surface area contributed by atoms with Crippen LogP contribution in [0.3, 0.4) is 0 Å². The zero-order valence-corrected chi connectivity index (χ0v) is 21.0. The first kappa shape index (κ1) is 28.8. The fourth-order valence-corrected chi connectivity index (χ4v) is 3.90. The van der Waals surface area contributed by atoms with E-state index in [-0.39, 0.29) is 24.6 Å². The molecule has 1 saturated heterocycles. The lowest BCUT2D eigenvalue weighted by Gasteiger charge is -2.30. The molecule has 204 valence electrons. The van der Waals surface area contributed by atoms with E-state index in [0.717, 1.165) is 11.1 Å². The number of hydrogen-bond donors (Lipinski definition) is 1. The Morgan fingerprint density at radius 1 is 0.892 bits per heavy atom. The quantitative estimate of drug-likeness (QED) is 0.440. The maximum absolute atomic E-state index is 13.3. The Bertz CT molecular complexity index is 1020. The first-order valence-electron chi connectivity index (χ1n) is 11.9. The van der Waals surface area contributed by atoms with Crippen LogP contribution in [0.4, 0.5) is 36.8 Å². The molecular formula is C26H31F6N3O2. The van der Waals surface area contributed by atoms with Gasteiger partial charge in [-0.2, -0.15) is 26.3 Å². The van der Waals surface area contributed by atoms with Crippen LogP contribution < -0.4 is 5.32 Å². The van der Waals surface area contributed by atoms with E-state index in [1.54, 1.807) is 0 Å². The zero-order valence-electron chi connectivity index (χ0n) is 21.0. The number of morpholine rings is 1. The molecule has 2 aromatic carbocycles. The highest BCUT2D eigenvalue weighted by molar-refractivity contribution is 5.89. The van der Waals surface area contributed by atoms with Crippen LogP contribution in [0.15, 0.2) is 42.5 Å². The topological polar surface area (TPSA) is 44.8 Å². The van der Waals surface area contributed by atoms with Crippen molar-refractivity contribution in [3.05, 3.63) is 64.7 Å². The van der Waals surface area contributed by atoms with E-state index < -0.39 is 35.2 Å². The third kappa shape index (κ3) is 8.36. The minimum absolute atomic E-state index is 0.0304. The predicted molar refractivity (Wildman–Crippen MR) is 128 cm³/mol. The van der Waals surface area contributed by atoms with E-state index in [4.69, 9.17) is 4.74 Å². The smallest absolute Gasteiger partial charge is 0.379 e. The number of halogens is 6. The Morgan fingerprint density at radius 2 is 1.43 bits per heavy atom. The van der Waals surface area contributed by atoms with Gasteiger partial charge in [0.1, 0.15) is 0 Å². The summed E-state index contributed by atoms with van der Waals surface area (Å²) in [6.45, 7) is 9.44. The summed E-state index contributed by atoms with van der Waals surface area (Å²) in [6.07, 6.45) is -10.0. The lowest BCUT2D eigenvalue weighted by Crippen LogP contribution is -2.44. The molecule has 0 bridgehead atoms. The second kappa shape index (κ2) is 11.3. The molecule has 0 aliphatic carbocycles. The van der Waals surface area contributed by atoms with Gasteiger partial charge in [-0.3, -0.25) is 4.90 Å². The van der Waals surface area contributed by atoms with Gasteiger partial charge in [0.25, 0.3) is 0 Å². The van der Waals surface area contributed by atoms with Crippen LogP contribution in [0.25, 0.3) is 0 Å². The summed E-state index contributed by atoms with van der Waals surface area (Å²) < 4.78 is 84.9. The Balaban J connectivity index is 1.84. The Kier molecular flexibility index (Phi) is 8.79. The SMILES string of the molecule is CC(C)(C)c1ccc(CN(CCN2CCOCC2)C(=O)Nc2cc(C(F)(F)F)cc(C(F)(F)F)c2)cc1. The van der Waals surface area contributed by atoms with E-state index in [9.17, 15) is 31.1 Å². The first-order chi connectivity index (χ1) is 17.1. The number of nitrogens with one attached hydrogen (secondary N) is 1. The number of alkyl halides is 6. The number of anilines is 1. The van der Waals surface area contributed by atoms with Crippen LogP contribution in [0.5, 0.6) is 0 Å². The highest BCUT2D eigenvalue weighted by atomic mass is 19.4. The van der Waals surface area contributed by atoms with Crippen molar-refractivity contribution in [1.82, 2.24) is 9.80 Å². The molecule has 2 aromatic rings. The number of nitrogens with zero attached hydrogens (tertiary/aromatic N) is 2. The molecule has 2 amide bonds. The molecule has 3 rings (SSSR count). The van der Waals surface area contributed by atoms with Crippen LogP contribution in [0.1, 0.15) is 43.0 Å². The van der Waals surface area contributed by atoms with Gasteiger partial charge in [-0.1, -0.05) is 45.0 Å². The van der Waals surface area contributed by atoms with Crippen LogP contribution in [0.2, 0.25) is 0 Å². The van der Waals surface area contributed by atoms with Crippen molar-refractivity contribution >= 4 is 11.7 Å². The number of hydrogen-bond acceptors (Lipinski definition) is 3. The molecule has 0 radical (unpaired) electrons. The third-order valence-electron chi connectivity index (χ3n) is 6.11. The van der Waals surface area contributed by atoms with E-state index in [1.807, 2.05) is 24.3 Å². The fourth-order valence-electron chi connectivity index (χ4n) is 3.90. The summed E-state index contributed by atoms with van der Waals surface area (Å²) in [5.41, 5.74) is -1.77. The molecule has 1 aliphatic rings. The summed E-state index contributed by atoms with van der Waals surface area (Å²) >= 11 is 0. The molecule has 0 spiro atoms. The number of ether oxygens (including phenoxy) is 1. The summed E-state index contributed by atoms with van der Waals surface area (Å²) in [5, 5.41) is 2.25. The molecular weight excluding hydrogens is 500 g/mol. The van der Waals surface area contributed by atoms with Gasteiger partial charge in [0, 0.05) is 38.4 Å². The van der Waals surface area contributed by atoms with Gasteiger partial charge < -0.3 is 15.0 Å². The van der Waals surface area contributed by atoms with Crippen LogP contribution in [-0.2, 0) is 29.0 Å². The molecule has 1 aliphatic heterocycles. The molecule has 1 heterocycles. The molecule has 0 unspecified atom stereocenters. The highest BCUT2D eigenvalue weighted by Crippen LogP contribution is 2.37. The van der Waals surface area contributed by atoms with Gasteiger partial charge >= 0.3 is 18.4 Å². The molecule has 5 nitrogen and oxygen atoms in total. The Labute approximate surface area is 212 Å². The molecule has 1 N–H and O–H groups in total. The third-order valence-corrected chi connectivity index (χ3v) is 6.11. The Hall–Kier alpha value is -2.79. The van der Waals surface area contributed by atoms with Crippen molar-refractivity contribution in [3.63, 3.8) is 0 Å². The molecule has 37 heavy (non-hydrogen) atoms. The van der Waals surface area contributed by atoms with Crippen LogP contribution in [-0.4, -0.2) is 55.2 Å². The van der Waals surface area contributed by atoms with Gasteiger partial charge in [0.05, 0.1) is 24.3 Å². The van der Waals surface area contributed by atoms with Crippen LogP contribution in [0, 0.1) is 0 Å². The van der Waals surface area contributed by atoms with Gasteiger partial charge in [0.2, 0.25) is 0 Å². The van der Waals surface area contributed by atoms with E-state index >= 15 is 0 Å². The number of rotatable bonds is 6. The second-order valence-electron chi connectivity index (χ2n) is 10.0. The summed E-state index contributed by atoms with van der Waals surface area (Å²) in [5.74, 6) is 0. The van der Waals surface area contributed by atoms with E-state index in [2.05, 4.69) is 31.0 Å². The maximum Gasteiger partial charge on any atom is 0.416 e. The minimum Gasteiger partial charge on any atom is -0.379 e. The van der Waals surface area contributed by atoms with Crippen molar-refractivity contribution in [2.45, 2.75) is 45.1 Å². The average molecular weight is 532 g/mol. The van der Waals surface area contributed by atoms with E-state index in [0.29, 0.717) is 45.0 Å². The first-order valence-corrected chi connectivity index (χ1v) is 11.9. The summed E-state index contributed by atoms with van der Waals surface area (Å²) in [4.78, 5) is 16.6. The van der Waals surface area contributed by atoms with Crippen molar-refractivity contribution in [3.8, 4) is 0 Å². The minimum atomic E-state index is -5.01. The normalized spacial score (nSPS) is 15.5. The van der Waals surface area contributed by atoms with Gasteiger partial charge in [-0.05, 0) is 34.7 Å². The fraction of sp³-hybridized carbons (Fsp3) is 0.500. The average Bonchev–Trinajstić information content (AvgIpc) is 2.80. The van der Waals surface area contributed by atoms with Crippen LogP contribution >= 0.6 is 0 Å². The van der Waals surface area contributed by atoms with Gasteiger partial charge in [0.15, 0.2) is 0 Å². The lowest BCUT2D eigenvalue weighted by molar-refractivity contribution is -0.143. The Morgan fingerprint density at radius 3 is 1.92 bits per heavy atom. The monoisotopic (exact) mass is 531 g/mol. The van der Waals surface area contributed by atoms with Crippen molar-refractivity contribution in [1.29, 1.82) is 0 Å². The summed E-state index contributed by atoms with van der Waals surface area (Å²) in [6, 6.07) is 7.86. The zero-order chi connectivity index (χ0) is 27.4. The van der Waals surface area contributed by atoms with Gasteiger partial charge in [-0.25, -0.2) is 4.79 Å². The lowest BCUT2D eigenvalue weighted by atomic mass is 9.87. The number of carbonyl (C=O) groups excluding carboxylic acids is 1. The van der Waals surface area contributed by atoms with Gasteiger partial charge in [-0.15, -0.1) is 0 Å². The predicted octanol–water partition coefficient (Wildman–Crippen LogP) is 6.39. The molecule has 0 saturated carbocycles. The largest absolute Gasteiger partial charge is 0.416 e. The number of amides is 2. The van der Waals surface area contributed by atoms with Crippen molar-refractivity contribution in [2.24, 2.45) is 0 Å².